The number of fused-ring (bicyclic) bond motifs is 1. The van der Waals surface area contributed by atoms with Gasteiger partial charge in [-0.3, -0.25) is 4.21 Å². The Morgan fingerprint density at radius 3 is 2.88 bits per heavy atom. The van der Waals surface area contributed by atoms with Gasteiger partial charge < -0.3 is 4.57 Å². The van der Waals surface area contributed by atoms with Crippen molar-refractivity contribution in [2.45, 2.75) is 12.4 Å². The third-order valence-electron chi connectivity index (χ3n) is 2.53. The summed E-state index contributed by atoms with van der Waals surface area (Å²) >= 11 is 12.0. The van der Waals surface area contributed by atoms with Crippen LogP contribution in [0.4, 0.5) is 0 Å². The SMILES string of the molecule is CS(=O)CCn1c(CCl)nc2c(Cl)cccc21. The van der Waals surface area contributed by atoms with Crippen LogP contribution in [0.3, 0.4) is 0 Å². The lowest BCUT2D eigenvalue weighted by atomic mass is 10.3. The van der Waals surface area contributed by atoms with Gasteiger partial charge in [-0.15, -0.1) is 11.6 Å². The molecule has 0 fully saturated rings. The van der Waals surface area contributed by atoms with Crippen LogP contribution in [0.15, 0.2) is 18.2 Å². The van der Waals surface area contributed by atoms with Crippen molar-refractivity contribution >= 4 is 45.0 Å². The van der Waals surface area contributed by atoms with Gasteiger partial charge in [-0.05, 0) is 12.1 Å². The fourth-order valence-electron chi connectivity index (χ4n) is 1.73. The van der Waals surface area contributed by atoms with Crippen molar-refractivity contribution in [1.82, 2.24) is 9.55 Å². The molecule has 2 rings (SSSR count). The predicted octanol–water partition coefficient (Wildman–Crippen LogP) is 2.81. The standard InChI is InChI=1S/C11H12Cl2N2OS/c1-17(16)6-5-15-9-4-2-3-8(13)11(9)14-10(15)7-12/h2-4H,5-7H2,1H3. The van der Waals surface area contributed by atoms with Crippen LogP contribution < -0.4 is 0 Å². The highest BCUT2D eigenvalue weighted by Gasteiger charge is 2.12. The maximum Gasteiger partial charge on any atom is 0.124 e. The molecule has 0 aliphatic heterocycles. The highest BCUT2D eigenvalue weighted by Crippen LogP contribution is 2.24. The summed E-state index contributed by atoms with van der Waals surface area (Å²) in [7, 11) is -0.833. The van der Waals surface area contributed by atoms with Gasteiger partial charge in [0.1, 0.15) is 11.3 Å². The number of aryl methyl sites for hydroxylation is 1. The van der Waals surface area contributed by atoms with Crippen molar-refractivity contribution in [2.24, 2.45) is 0 Å². The number of alkyl halides is 1. The van der Waals surface area contributed by atoms with Crippen molar-refractivity contribution in [1.29, 1.82) is 0 Å². The summed E-state index contributed by atoms with van der Waals surface area (Å²) in [6.07, 6.45) is 1.69. The molecule has 1 aromatic heterocycles. The van der Waals surface area contributed by atoms with Gasteiger partial charge in [-0.1, -0.05) is 17.7 Å². The van der Waals surface area contributed by atoms with E-state index in [1.54, 1.807) is 12.3 Å². The molecule has 0 radical (unpaired) electrons. The van der Waals surface area contributed by atoms with Crippen LogP contribution in [0, 0.1) is 0 Å². The molecule has 0 aliphatic rings. The molecule has 1 heterocycles. The van der Waals surface area contributed by atoms with Gasteiger partial charge in [0.05, 0.1) is 16.4 Å². The number of aromatic nitrogens is 2. The Kier molecular flexibility index (Phi) is 4.07. The molecule has 0 bridgehead atoms. The minimum Gasteiger partial charge on any atom is -0.326 e. The van der Waals surface area contributed by atoms with E-state index in [9.17, 15) is 4.21 Å². The molecular formula is C11H12Cl2N2OS. The summed E-state index contributed by atoms with van der Waals surface area (Å²) in [5.41, 5.74) is 1.70. The fourth-order valence-corrected chi connectivity index (χ4v) is 2.59. The number of para-hydroxylation sites is 1. The second-order valence-electron chi connectivity index (χ2n) is 3.70. The van der Waals surface area contributed by atoms with E-state index in [0.29, 0.717) is 23.2 Å². The average Bonchev–Trinajstić information content (AvgIpc) is 2.66. The topological polar surface area (TPSA) is 34.9 Å². The summed E-state index contributed by atoms with van der Waals surface area (Å²) < 4.78 is 13.1. The molecule has 0 saturated carbocycles. The molecule has 6 heteroatoms. The number of hydrogen-bond acceptors (Lipinski definition) is 2. The van der Waals surface area contributed by atoms with Crippen molar-refractivity contribution < 1.29 is 4.21 Å². The Balaban J connectivity index is 2.51. The second-order valence-corrected chi connectivity index (χ2v) is 5.93. The van der Waals surface area contributed by atoms with Gasteiger partial charge in [0.15, 0.2) is 0 Å². The van der Waals surface area contributed by atoms with Gasteiger partial charge >= 0.3 is 0 Å². The van der Waals surface area contributed by atoms with Gasteiger partial charge in [0.2, 0.25) is 0 Å². The van der Waals surface area contributed by atoms with Crippen LogP contribution in [0.2, 0.25) is 5.02 Å². The first-order valence-corrected chi connectivity index (χ1v) is 7.77. The van der Waals surface area contributed by atoms with Crippen LogP contribution in [-0.4, -0.2) is 25.8 Å². The first-order chi connectivity index (χ1) is 8.13. The third kappa shape index (κ3) is 2.64. The summed E-state index contributed by atoms with van der Waals surface area (Å²) in [6.45, 7) is 0.641. The largest absolute Gasteiger partial charge is 0.326 e. The molecular weight excluding hydrogens is 279 g/mol. The molecule has 0 saturated heterocycles. The molecule has 17 heavy (non-hydrogen) atoms. The van der Waals surface area contributed by atoms with Crippen LogP contribution in [-0.2, 0) is 23.2 Å². The molecule has 1 unspecified atom stereocenters. The fraction of sp³-hybridized carbons (Fsp3) is 0.364. The van der Waals surface area contributed by atoms with Gasteiger partial charge in [-0.25, -0.2) is 4.98 Å². The Morgan fingerprint density at radius 1 is 1.47 bits per heavy atom. The zero-order valence-corrected chi connectivity index (χ0v) is 11.6. The van der Waals surface area contributed by atoms with E-state index in [2.05, 4.69) is 4.98 Å². The van der Waals surface area contributed by atoms with E-state index < -0.39 is 10.8 Å². The summed E-state index contributed by atoms with van der Waals surface area (Å²) in [5, 5.41) is 0.616. The van der Waals surface area contributed by atoms with Crippen molar-refractivity contribution in [3.8, 4) is 0 Å². The molecule has 0 spiro atoms. The highest BCUT2D eigenvalue weighted by molar-refractivity contribution is 7.84. The Bertz CT molecular complexity index is 568. The zero-order valence-electron chi connectivity index (χ0n) is 9.32. The Labute approximate surface area is 112 Å². The van der Waals surface area contributed by atoms with E-state index in [4.69, 9.17) is 23.2 Å². The van der Waals surface area contributed by atoms with E-state index in [1.165, 1.54) is 0 Å². The molecule has 0 N–H and O–H groups in total. The van der Waals surface area contributed by atoms with E-state index >= 15 is 0 Å². The first kappa shape index (κ1) is 12.9. The second kappa shape index (κ2) is 5.38. The lowest BCUT2D eigenvalue weighted by molar-refractivity contribution is 0.676. The van der Waals surface area contributed by atoms with Crippen molar-refractivity contribution in [3.63, 3.8) is 0 Å². The third-order valence-corrected chi connectivity index (χ3v) is 3.83. The van der Waals surface area contributed by atoms with Crippen LogP contribution in [0.5, 0.6) is 0 Å². The molecule has 1 atom stereocenters. The molecule has 1 aromatic carbocycles. The maximum absolute atomic E-state index is 11.2. The number of rotatable bonds is 4. The normalized spacial score (nSPS) is 13.1. The summed E-state index contributed by atoms with van der Waals surface area (Å²) in [4.78, 5) is 4.41. The number of imidazole rings is 1. The Hall–Kier alpha value is -0.580. The van der Waals surface area contributed by atoms with Crippen LogP contribution in [0.25, 0.3) is 11.0 Å². The monoisotopic (exact) mass is 290 g/mol. The number of nitrogens with zero attached hydrogens (tertiary/aromatic N) is 2. The number of benzene rings is 1. The summed E-state index contributed by atoms with van der Waals surface area (Å²) in [5.74, 6) is 1.67. The average molecular weight is 291 g/mol. The minimum atomic E-state index is -0.833. The number of halogens is 2. The van der Waals surface area contributed by atoms with Crippen LogP contribution in [0.1, 0.15) is 5.82 Å². The van der Waals surface area contributed by atoms with Gasteiger partial charge in [0.25, 0.3) is 0 Å². The molecule has 92 valence electrons. The summed E-state index contributed by atoms with van der Waals surface area (Å²) in [6, 6.07) is 5.63. The molecule has 0 amide bonds. The zero-order chi connectivity index (χ0) is 12.4. The molecule has 3 nitrogen and oxygen atoms in total. The van der Waals surface area contributed by atoms with E-state index in [0.717, 1.165) is 16.9 Å². The Morgan fingerprint density at radius 2 is 2.24 bits per heavy atom. The van der Waals surface area contributed by atoms with Gasteiger partial charge in [-0.2, -0.15) is 0 Å². The van der Waals surface area contributed by atoms with Crippen molar-refractivity contribution in [3.05, 3.63) is 29.0 Å². The van der Waals surface area contributed by atoms with Crippen LogP contribution >= 0.6 is 23.2 Å². The quantitative estimate of drug-likeness (QED) is 0.812. The number of hydrogen-bond donors (Lipinski definition) is 0. The smallest absolute Gasteiger partial charge is 0.124 e. The minimum absolute atomic E-state index is 0.321. The highest BCUT2D eigenvalue weighted by atomic mass is 35.5. The first-order valence-electron chi connectivity index (χ1n) is 5.13. The van der Waals surface area contributed by atoms with Crippen molar-refractivity contribution in [2.75, 3.05) is 12.0 Å². The van der Waals surface area contributed by atoms with E-state index in [-0.39, 0.29) is 0 Å². The predicted molar refractivity (Wildman–Crippen MR) is 73.2 cm³/mol. The molecule has 2 aromatic rings. The van der Waals surface area contributed by atoms with E-state index in [1.807, 2.05) is 16.7 Å². The van der Waals surface area contributed by atoms with Gasteiger partial charge in [0, 0.05) is 29.4 Å². The maximum atomic E-state index is 11.2. The lowest BCUT2D eigenvalue weighted by Crippen LogP contribution is -2.09. The molecule has 0 aliphatic carbocycles. The lowest BCUT2D eigenvalue weighted by Gasteiger charge is -2.06.